The Morgan fingerprint density at radius 2 is 1.60 bits per heavy atom. The van der Waals surface area contributed by atoms with Gasteiger partial charge in [-0.1, -0.05) is 41.5 Å². The van der Waals surface area contributed by atoms with Crippen LogP contribution in [0.2, 0.25) is 0 Å². The molecule has 4 aliphatic rings. The number of aliphatic hydroxyl groups excluding tert-OH is 4. The van der Waals surface area contributed by atoms with E-state index in [1.807, 2.05) is 34.6 Å². The van der Waals surface area contributed by atoms with Crippen LogP contribution in [0.4, 0.5) is 0 Å². The minimum atomic E-state index is -1.07. The molecule has 1 heterocycles. The lowest BCUT2D eigenvalue weighted by Gasteiger charge is -2.59. The number of ether oxygens (including phenoxy) is 1. The van der Waals surface area contributed by atoms with Crippen molar-refractivity contribution in [1.29, 1.82) is 0 Å². The summed E-state index contributed by atoms with van der Waals surface area (Å²) in [5.74, 6) is -1.05. The van der Waals surface area contributed by atoms with Gasteiger partial charge in [0.2, 0.25) is 0 Å². The van der Waals surface area contributed by atoms with Gasteiger partial charge < -0.3 is 30.3 Å². The molecule has 0 spiro atoms. The van der Waals surface area contributed by atoms with E-state index in [0.717, 1.165) is 19.3 Å². The van der Waals surface area contributed by atoms with Gasteiger partial charge in [0.15, 0.2) is 0 Å². The number of cyclic esters (lactones) is 1. The van der Waals surface area contributed by atoms with Gasteiger partial charge in [-0.05, 0) is 78.9 Å². The minimum absolute atomic E-state index is 0.00953. The molecule has 0 aromatic carbocycles. The molecule has 3 aliphatic carbocycles. The molecule has 1 saturated heterocycles. The SMILES string of the molecule is CC(C)[C@H](C)[C@@H](O)[C@H](O)[C@@H](C)[C@H]1CC[C@@]2(O)[C@@H]3COC(=O)[C@H]4C[C@H](O)[C@H](O)C[C@]4(C)[C@H]3CC[C@]12C. The fourth-order valence-electron chi connectivity index (χ4n) is 8.89. The molecule has 0 radical (unpaired) electrons. The largest absolute Gasteiger partial charge is 0.465 e. The zero-order chi connectivity index (χ0) is 26.1. The zero-order valence-electron chi connectivity index (χ0n) is 22.4. The van der Waals surface area contributed by atoms with Gasteiger partial charge >= 0.3 is 5.97 Å². The Kier molecular flexibility index (Phi) is 7.20. The molecule has 0 aromatic heterocycles. The van der Waals surface area contributed by atoms with E-state index >= 15 is 0 Å². The predicted molar refractivity (Wildman–Crippen MR) is 131 cm³/mol. The second-order valence-corrected chi connectivity index (χ2v) is 13.4. The maximum Gasteiger partial charge on any atom is 0.309 e. The molecule has 202 valence electrons. The van der Waals surface area contributed by atoms with Gasteiger partial charge in [0, 0.05) is 5.92 Å². The Bertz CT molecular complexity index is 802. The maximum absolute atomic E-state index is 13.0. The summed E-state index contributed by atoms with van der Waals surface area (Å²) in [6.45, 7) is 12.4. The van der Waals surface area contributed by atoms with Gasteiger partial charge in [0.1, 0.15) is 0 Å². The van der Waals surface area contributed by atoms with Gasteiger partial charge in [-0.15, -0.1) is 0 Å². The molecule has 0 amide bonds. The van der Waals surface area contributed by atoms with Crippen LogP contribution < -0.4 is 0 Å². The Morgan fingerprint density at radius 1 is 0.943 bits per heavy atom. The highest BCUT2D eigenvalue weighted by Crippen LogP contribution is 2.67. The average Bonchev–Trinajstić information content (AvgIpc) is 3.02. The Balaban J connectivity index is 1.63. The number of esters is 1. The minimum Gasteiger partial charge on any atom is -0.465 e. The molecule has 35 heavy (non-hydrogen) atoms. The van der Waals surface area contributed by atoms with Crippen molar-refractivity contribution in [1.82, 2.24) is 0 Å². The van der Waals surface area contributed by atoms with Crippen LogP contribution in [0.5, 0.6) is 0 Å². The van der Waals surface area contributed by atoms with E-state index in [1.54, 1.807) is 0 Å². The quantitative estimate of drug-likeness (QED) is 0.370. The van der Waals surface area contributed by atoms with Gasteiger partial charge in [-0.25, -0.2) is 0 Å². The second kappa shape index (κ2) is 9.23. The van der Waals surface area contributed by atoms with Crippen LogP contribution >= 0.6 is 0 Å². The topological polar surface area (TPSA) is 127 Å². The highest BCUT2D eigenvalue weighted by atomic mass is 16.5. The number of carbonyl (C=O) groups is 1. The fraction of sp³-hybridized carbons (Fsp3) is 0.964. The molecule has 0 unspecified atom stereocenters. The van der Waals surface area contributed by atoms with E-state index < -0.39 is 46.8 Å². The highest BCUT2D eigenvalue weighted by Gasteiger charge is 2.69. The maximum atomic E-state index is 13.0. The summed E-state index contributed by atoms with van der Waals surface area (Å²) in [5, 5.41) is 55.3. The van der Waals surface area contributed by atoms with Crippen molar-refractivity contribution in [2.45, 2.75) is 110 Å². The number of fused-ring (bicyclic) bond motifs is 5. The van der Waals surface area contributed by atoms with E-state index in [-0.39, 0.29) is 54.5 Å². The summed E-state index contributed by atoms with van der Waals surface area (Å²) < 4.78 is 5.77. The first kappa shape index (κ1) is 27.3. The lowest BCUT2D eigenvalue weighted by molar-refractivity contribution is -0.202. The predicted octanol–water partition coefficient (Wildman–Crippen LogP) is 2.50. The van der Waals surface area contributed by atoms with Crippen LogP contribution in [0.15, 0.2) is 0 Å². The fourth-order valence-corrected chi connectivity index (χ4v) is 8.89. The van der Waals surface area contributed by atoms with Crippen LogP contribution in [-0.4, -0.2) is 68.1 Å². The third-order valence-corrected chi connectivity index (χ3v) is 11.7. The van der Waals surface area contributed by atoms with Gasteiger partial charge in [-0.2, -0.15) is 0 Å². The highest BCUT2D eigenvalue weighted by molar-refractivity contribution is 5.74. The Labute approximate surface area is 210 Å². The molecular weight excluding hydrogens is 448 g/mol. The molecule has 4 rings (SSSR count). The Morgan fingerprint density at radius 3 is 2.23 bits per heavy atom. The summed E-state index contributed by atoms with van der Waals surface area (Å²) in [6.07, 6.45) is -0.179. The smallest absolute Gasteiger partial charge is 0.309 e. The molecule has 0 bridgehead atoms. The van der Waals surface area contributed by atoms with Crippen LogP contribution in [0.3, 0.4) is 0 Å². The van der Waals surface area contributed by atoms with Crippen molar-refractivity contribution < 1.29 is 35.1 Å². The number of carbonyl (C=O) groups excluding carboxylic acids is 1. The van der Waals surface area contributed by atoms with Crippen molar-refractivity contribution in [2.24, 2.45) is 52.3 Å². The molecular formula is C28H48O7. The van der Waals surface area contributed by atoms with Gasteiger partial charge in [-0.3, -0.25) is 4.79 Å². The zero-order valence-corrected chi connectivity index (χ0v) is 22.4. The summed E-state index contributed by atoms with van der Waals surface area (Å²) in [7, 11) is 0. The van der Waals surface area contributed by atoms with Gasteiger partial charge in [0.25, 0.3) is 0 Å². The molecule has 13 atom stereocenters. The average molecular weight is 497 g/mol. The van der Waals surface area contributed by atoms with Crippen molar-refractivity contribution in [2.75, 3.05) is 6.61 Å². The molecule has 4 fully saturated rings. The third kappa shape index (κ3) is 3.99. The third-order valence-electron chi connectivity index (χ3n) is 11.7. The van der Waals surface area contributed by atoms with E-state index in [4.69, 9.17) is 4.74 Å². The number of rotatable bonds is 5. The van der Waals surface area contributed by atoms with Crippen molar-refractivity contribution >= 4 is 5.97 Å². The lowest BCUT2D eigenvalue weighted by atomic mass is 9.47. The van der Waals surface area contributed by atoms with E-state index in [2.05, 4.69) is 6.92 Å². The molecule has 7 heteroatoms. The van der Waals surface area contributed by atoms with E-state index in [9.17, 15) is 30.3 Å². The van der Waals surface area contributed by atoms with Crippen LogP contribution in [0.25, 0.3) is 0 Å². The first-order valence-electron chi connectivity index (χ1n) is 13.8. The second-order valence-electron chi connectivity index (χ2n) is 13.4. The van der Waals surface area contributed by atoms with Crippen LogP contribution in [-0.2, 0) is 9.53 Å². The summed E-state index contributed by atoms with van der Waals surface area (Å²) in [6, 6.07) is 0. The molecule has 5 N–H and O–H groups in total. The standard InChI is InChI=1S/C28H48O7/c1-14(2)15(3)23(31)24(32)16(4)17-8-10-28(34)20-13-35-25(33)19-11-21(29)22(30)12-26(19,5)18(20)7-9-27(17,28)6/h14-24,29-32,34H,7-13H2,1-6H3/t15-,16-,17+,18-,19+,20+,21-,22+,23+,24+,26+,27+,28+/m0/s1. The van der Waals surface area contributed by atoms with Crippen LogP contribution in [0.1, 0.15) is 80.1 Å². The molecule has 3 saturated carbocycles. The van der Waals surface area contributed by atoms with Crippen LogP contribution in [0, 0.1) is 52.3 Å². The van der Waals surface area contributed by atoms with E-state index in [0.29, 0.717) is 12.8 Å². The first-order chi connectivity index (χ1) is 16.2. The number of hydrogen-bond acceptors (Lipinski definition) is 7. The van der Waals surface area contributed by atoms with Crippen molar-refractivity contribution in [3.8, 4) is 0 Å². The molecule has 0 aromatic rings. The molecule has 7 nitrogen and oxygen atoms in total. The van der Waals surface area contributed by atoms with E-state index in [1.165, 1.54) is 0 Å². The number of aliphatic hydroxyl groups is 5. The van der Waals surface area contributed by atoms with Crippen molar-refractivity contribution in [3.63, 3.8) is 0 Å². The Hall–Kier alpha value is -0.730. The number of hydrogen-bond donors (Lipinski definition) is 5. The summed E-state index contributed by atoms with van der Waals surface area (Å²) >= 11 is 0. The van der Waals surface area contributed by atoms with Gasteiger partial charge in [0.05, 0.1) is 42.5 Å². The normalized spacial score (nSPS) is 49.2. The monoisotopic (exact) mass is 496 g/mol. The summed E-state index contributed by atoms with van der Waals surface area (Å²) in [5.41, 5.74) is -2.10. The first-order valence-corrected chi connectivity index (χ1v) is 13.8. The van der Waals surface area contributed by atoms with Crippen molar-refractivity contribution in [3.05, 3.63) is 0 Å². The molecule has 1 aliphatic heterocycles. The summed E-state index contributed by atoms with van der Waals surface area (Å²) in [4.78, 5) is 13.0. The lowest BCUT2D eigenvalue weighted by Crippen LogP contribution is -2.62.